The van der Waals surface area contributed by atoms with Gasteiger partial charge in [-0.15, -0.1) is 0 Å². The molecule has 2 heterocycles. The molecule has 100 valence electrons. The summed E-state index contributed by atoms with van der Waals surface area (Å²) in [5.74, 6) is 2.73. The average Bonchev–Trinajstić information content (AvgIpc) is 2.34. The van der Waals surface area contributed by atoms with Crippen LogP contribution < -0.4 is 10.2 Å². The van der Waals surface area contributed by atoms with Crippen molar-refractivity contribution in [2.75, 3.05) is 31.1 Å². The monoisotopic (exact) mass is 248 g/mol. The topological polar surface area (TPSA) is 41.1 Å². The van der Waals surface area contributed by atoms with Gasteiger partial charge in [-0.3, -0.25) is 0 Å². The van der Waals surface area contributed by atoms with Crippen molar-refractivity contribution >= 4 is 5.82 Å². The molecule has 1 aliphatic rings. The number of hydrogen-bond acceptors (Lipinski definition) is 4. The minimum absolute atomic E-state index is 0.600. The van der Waals surface area contributed by atoms with Crippen LogP contribution in [-0.4, -0.2) is 36.1 Å². The standard InChI is InChI=1S/C14H24N4/c1-10(2)9-13-16-12(4)11(3)14(17-13)18-7-5-15-6-8-18/h10,15H,5-9H2,1-4H3. The molecule has 0 bridgehead atoms. The van der Waals surface area contributed by atoms with E-state index in [1.54, 1.807) is 0 Å². The Kier molecular flexibility index (Phi) is 4.17. The number of hydrogen-bond donors (Lipinski definition) is 1. The highest BCUT2D eigenvalue weighted by atomic mass is 15.2. The van der Waals surface area contributed by atoms with Crippen LogP contribution in [0.1, 0.15) is 30.9 Å². The summed E-state index contributed by atoms with van der Waals surface area (Å²) in [5, 5.41) is 3.38. The molecular formula is C14H24N4. The number of piperazine rings is 1. The second-order valence-corrected chi connectivity index (χ2v) is 5.51. The van der Waals surface area contributed by atoms with E-state index >= 15 is 0 Å². The van der Waals surface area contributed by atoms with Gasteiger partial charge in [0.2, 0.25) is 0 Å². The van der Waals surface area contributed by atoms with E-state index in [-0.39, 0.29) is 0 Å². The number of anilines is 1. The maximum absolute atomic E-state index is 4.78. The molecule has 1 aromatic rings. The van der Waals surface area contributed by atoms with Gasteiger partial charge in [-0.25, -0.2) is 9.97 Å². The molecule has 0 aromatic carbocycles. The third kappa shape index (κ3) is 2.99. The third-order valence-electron chi connectivity index (χ3n) is 3.42. The van der Waals surface area contributed by atoms with E-state index in [4.69, 9.17) is 4.98 Å². The molecule has 4 heteroatoms. The first-order chi connectivity index (χ1) is 8.58. The van der Waals surface area contributed by atoms with Crippen LogP contribution in [-0.2, 0) is 6.42 Å². The maximum atomic E-state index is 4.78. The number of aromatic nitrogens is 2. The lowest BCUT2D eigenvalue weighted by molar-refractivity contribution is 0.576. The lowest BCUT2D eigenvalue weighted by atomic mass is 10.1. The summed E-state index contributed by atoms with van der Waals surface area (Å²) >= 11 is 0. The number of nitrogens with one attached hydrogen (secondary N) is 1. The first-order valence-corrected chi connectivity index (χ1v) is 6.87. The van der Waals surface area contributed by atoms with Crippen molar-refractivity contribution in [3.63, 3.8) is 0 Å². The highest BCUT2D eigenvalue weighted by molar-refractivity contribution is 5.48. The summed E-state index contributed by atoms with van der Waals surface area (Å²) in [5.41, 5.74) is 2.35. The van der Waals surface area contributed by atoms with E-state index in [9.17, 15) is 0 Å². The van der Waals surface area contributed by atoms with Gasteiger partial charge in [-0.1, -0.05) is 13.8 Å². The van der Waals surface area contributed by atoms with Crippen molar-refractivity contribution in [2.45, 2.75) is 34.1 Å². The van der Waals surface area contributed by atoms with Gasteiger partial charge in [-0.05, 0) is 19.8 Å². The molecule has 1 N–H and O–H groups in total. The molecule has 0 atom stereocenters. The van der Waals surface area contributed by atoms with E-state index < -0.39 is 0 Å². The Bertz CT molecular complexity index is 409. The fraction of sp³-hybridized carbons (Fsp3) is 0.714. The molecule has 0 spiro atoms. The number of nitrogens with zero attached hydrogens (tertiary/aromatic N) is 3. The average molecular weight is 248 g/mol. The predicted molar refractivity (Wildman–Crippen MR) is 75.1 cm³/mol. The molecule has 1 saturated heterocycles. The van der Waals surface area contributed by atoms with E-state index in [1.807, 2.05) is 0 Å². The largest absolute Gasteiger partial charge is 0.354 e. The van der Waals surface area contributed by atoms with Crippen LogP contribution in [0.3, 0.4) is 0 Å². The second kappa shape index (κ2) is 5.65. The molecule has 0 unspecified atom stereocenters. The minimum Gasteiger partial charge on any atom is -0.354 e. The van der Waals surface area contributed by atoms with Gasteiger partial charge < -0.3 is 10.2 Å². The van der Waals surface area contributed by atoms with Crippen LogP contribution in [0.5, 0.6) is 0 Å². The van der Waals surface area contributed by atoms with Crippen LogP contribution in [0.15, 0.2) is 0 Å². The molecule has 1 fully saturated rings. The molecule has 1 aromatic heterocycles. The van der Waals surface area contributed by atoms with Crippen LogP contribution in [0.25, 0.3) is 0 Å². The Morgan fingerprint density at radius 3 is 2.44 bits per heavy atom. The van der Waals surface area contributed by atoms with E-state index in [2.05, 4.69) is 42.9 Å². The lowest BCUT2D eigenvalue weighted by Crippen LogP contribution is -2.44. The van der Waals surface area contributed by atoms with Crippen LogP contribution in [0.4, 0.5) is 5.82 Å². The summed E-state index contributed by atoms with van der Waals surface area (Å²) in [7, 11) is 0. The highest BCUT2D eigenvalue weighted by Gasteiger charge is 2.17. The SMILES string of the molecule is Cc1nc(CC(C)C)nc(N2CCNCC2)c1C. The molecular weight excluding hydrogens is 224 g/mol. The molecule has 4 nitrogen and oxygen atoms in total. The molecule has 1 aliphatic heterocycles. The lowest BCUT2D eigenvalue weighted by Gasteiger charge is -2.30. The number of aryl methyl sites for hydroxylation is 1. The summed E-state index contributed by atoms with van der Waals surface area (Å²) < 4.78 is 0. The Morgan fingerprint density at radius 1 is 1.17 bits per heavy atom. The third-order valence-corrected chi connectivity index (χ3v) is 3.42. The smallest absolute Gasteiger partial charge is 0.135 e. The van der Waals surface area contributed by atoms with Crippen LogP contribution in [0, 0.1) is 19.8 Å². The molecule has 0 radical (unpaired) electrons. The van der Waals surface area contributed by atoms with Gasteiger partial charge in [0.25, 0.3) is 0 Å². The Labute approximate surface area is 110 Å². The first kappa shape index (κ1) is 13.3. The predicted octanol–water partition coefficient (Wildman–Crippen LogP) is 1.70. The Hall–Kier alpha value is -1.16. The second-order valence-electron chi connectivity index (χ2n) is 5.51. The van der Waals surface area contributed by atoms with E-state index in [1.165, 1.54) is 5.56 Å². The van der Waals surface area contributed by atoms with Gasteiger partial charge in [0.05, 0.1) is 0 Å². The molecule has 2 rings (SSSR count). The van der Waals surface area contributed by atoms with Crippen molar-refractivity contribution in [3.8, 4) is 0 Å². The van der Waals surface area contributed by atoms with Gasteiger partial charge in [0.1, 0.15) is 11.6 Å². The quantitative estimate of drug-likeness (QED) is 0.884. The zero-order valence-corrected chi connectivity index (χ0v) is 12.0. The van der Waals surface area contributed by atoms with Gasteiger partial charge in [0, 0.05) is 43.9 Å². The van der Waals surface area contributed by atoms with Gasteiger partial charge >= 0.3 is 0 Å². The van der Waals surface area contributed by atoms with Crippen molar-refractivity contribution in [3.05, 3.63) is 17.1 Å². The van der Waals surface area contributed by atoms with Gasteiger partial charge in [-0.2, -0.15) is 0 Å². The first-order valence-electron chi connectivity index (χ1n) is 6.87. The zero-order chi connectivity index (χ0) is 13.1. The van der Waals surface area contributed by atoms with E-state index in [0.717, 1.165) is 49.9 Å². The zero-order valence-electron chi connectivity index (χ0n) is 12.0. The van der Waals surface area contributed by atoms with E-state index in [0.29, 0.717) is 5.92 Å². The Morgan fingerprint density at radius 2 is 1.83 bits per heavy atom. The summed E-state index contributed by atoms with van der Waals surface area (Å²) in [6.45, 7) is 12.8. The normalized spacial score (nSPS) is 16.4. The van der Waals surface area contributed by atoms with Crippen molar-refractivity contribution < 1.29 is 0 Å². The fourth-order valence-electron chi connectivity index (χ4n) is 2.31. The molecule has 18 heavy (non-hydrogen) atoms. The summed E-state index contributed by atoms with van der Waals surface area (Å²) in [6.07, 6.45) is 0.959. The fourth-order valence-corrected chi connectivity index (χ4v) is 2.31. The van der Waals surface area contributed by atoms with Crippen molar-refractivity contribution in [1.29, 1.82) is 0 Å². The molecule has 0 saturated carbocycles. The highest BCUT2D eigenvalue weighted by Crippen LogP contribution is 2.21. The van der Waals surface area contributed by atoms with Crippen LogP contribution >= 0.6 is 0 Å². The van der Waals surface area contributed by atoms with Crippen LogP contribution in [0.2, 0.25) is 0 Å². The summed E-state index contributed by atoms with van der Waals surface area (Å²) in [6, 6.07) is 0. The molecule has 0 aliphatic carbocycles. The number of rotatable bonds is 3. The maximum Gasteiger partial charge on any atom is 0.135 e. The Balaban J connectivity index is 2.29. The van der Waals surface area contributed by atoms with Gasteiger partial charge in [0.15, 0.2) is 0 Å². The minimum atomic E-state index is 0.600. The van der Waals surface area contributed by atoms with Crippen molar-refractivity contribution in [1.82, 2.24) is 15.3 Å². The van der Waals surface area contributed by atoms with Crippen molar-refractivity contribution in [2.24, 2.45) is 5.92 Å². The molecule has 0 amide bonds. The summed E-state index contributed by atoms with van der Waals surface area (Å²) in [4.78, 5) is 11.8.